The van der Waals surface area contributed by atoms with Gasteiger partial charge in [-0.3, -0.25) is 14.5 Å². The van der Waals surface area contributed by atoms with Crippen LogP contribution in [-0.2, 0) is 9.59 Å². The molecule has 0 spiro atoms. The Hall–Kier alpha value is -1.02. The zero-order valence-electron chi connectivity index (χ0n) is 14.9. The normalized spacial score (nSPS) is 14.2. The molecule has 0 aromatic carbocycles. The van der Waals surface area contributed by atoms with Crippen LogP contribution in [0, 0.1) is 0 Å². The van der Waals surface area contributed by atoms with Gasteiger partial charge in [-0.15, -0.1) is 0 Å². The molecule has 7 nitrogen and oxygen atoms in total. The molecular weight excluding hydrogens is 298 g/mol. The van der Waals surface area contributed by atoms with E-state index in [2.05, 4.69) is 10.2 Å². The second-order valence-corrected chi connectivity index (χ2v) is 6.22. The minimum absolute atomic E-state index is 0.0462. The first-order valence-corrected chi connectivity index (χ1v) is 8.24. The number of carbonyl (C=O) groups is 2. The number of carbonyl (C=O) groups excluding carboxylic acids is 1. The highest BCUT2D eigenvalue weighted by molar-refractivity contribution is 5.77. The van der Waals surface area contributed by atoms with Crippen molar-refractivity contribution in [3.05, 3.63) is 0 Å². The third-order valence-corrected chi connectivity index (χ3v) is 3.91. The zero-order chi connectivity index (χ0) is 17.8. The number of ketones is 1. The lowest BCUT2D eigenvalue weighted by Gasteiger charge is -2.23. The van der Waals surface area contributed by atoms with E-state index in [1.807, 2.05) is 7.05 Å². The Morgan fingerprint density at radius 2 is 1.70 bits per heavy atom. The van der Waals surface area contributed by atoms with Crippen LogP contribution in [0.5, 0.6) is 0 Å². The van der Waals surface area contributed by atoms with E-state index in [1.165, 1.54) is 6.92 Å². The van der Waals surface area contributed by atoms with Gasteiger partial charge in [0.15, 0.2) is 0 Å². The summed E-state index contributed by atoms with van der Waals surface area (Å²) in [4.78, 5) is 25.7. The van der Waals surface area contributed by atoms with Gasteiger partial charge >= 0.3 is 5.97 Å². The Bertz CT molecular complexity index is 352. The van der Waals surface area contributed by atoms with Crippen LogP contribution in [0.3, 0.4) is 0 Å². The van der Waals surface area contributed by atoms with E-state index in [-0.39, 0.29) is 12.3 Å². The number of aliphatic hydroxyl groups is 1. The van der Waals surface area contributed by atoms with Gasteiger partial charge in [-0.1, -0.05) is 6.42 Å². The van der Waals surface area contributed by atoms with Gasteiger partial charge in [-0.2, -0.15) is 0 Å². The second kappa shape index (κ2) is 12.4. The molecule has 0 aliphatic heterocycles. The quantitative estimate of drug-likeness (QED) is 0.313. The van der Waals surface area contributed by atoms with E-state index in [4.69, 9.17) is 5.11 Å². The fourth-order valence-corrected chi connectivity index (χ4v) is 2.45. The van der Waals surface area contributed by atoms with Gasteiger partial charge in [-0.25, -0.2) is 0 Å². The number of hydrogen-bond donors (Lipinski definition) is 3. The van der Waals surface area contributed by atoms with E-state index in [1.54, 1.807) is 19.0 Å². The van der Waals surface area contributed by atoms with Crippen LogP contribution in [0.25, 0.3) is 0 Å². The maximum atomic E-state index is 11.0. The molecule has 0 saturated carbocycles. The van der Waals surface area contributed by atoms with Crippen molar-refractivity contribution < 1.29 is 19.8 Å². The first kappa shape index (κ1) is 22.0. The molecule has 2 atom stereocenters. The van der Waals surface area contributed by atoms with E-state index in [9.17, 15) is 14.7 Å². The third kappa shape index (κ3) is 11.2. The lowest BCUT2D eigenvalue weighted by atomic mass is 10.1. The van der Waals surface area contributed by atoms with Crippen LogP contribution in [0.15, 0.2) is 0 Å². The highest BCUT2D eigenvalue weighted by atomic mass is 16.4. The van der Waals surface area contributed by atoms with Crippen LogP contribution in [0.4, 0.5) is 0 Å². The van der Waals surface area contributed by atoms with Crippen molar-refractivity contribution in [3.8, 4) is 0 Å². The average molecular weight is 331 g/mol. The number of nitrogens with zero attached hydrogens (tertiary/aromatic N) is 2. The molecule has 0 aromatic heterocycles. The zero-order valence-corrected chi connectivity index (χ0v) is 14.9. The molecule has 0 aromatic rings. The summed E-state index contributed by atoms with van der Waals surface area (Å²) in [6, 6.07) is -0.465. The molecule has 0 heterocycles. The maximum absolute atomic E-state index is 11.0. The van der Waals surface area contributed by atoms with Crippen LogP contribution >= 0.6 is 0 Å². The molecule has 7 heteroatoms. The minimum atomic E-state index is -0.801. The number of aliphatic carboxylic acids is 1. The molecule has 0 saturated heterocycles. The number of unbranched alkanes of at least 4 members (excludes halogenated alkanes) is 1. The fourth-order valence-electron chi connectivity index (χ4n) is 2.45. The van der Waals surface area contributed by atoms with Gasteiger partial charge in [0.2, 0.25) is 0 Å². The van der Waals surface area contributed by atoms with Crippen LogP contribution in [0.1, 0.15) is 39.0 Å². The number of carboxylic acid groups (broad SMARTS) is 1. The number of carboxylic acids is 1. The van der Waals surface area contributed by atoms with E-state index in [0.29, 0.717) is 12.8 Å². The van der Waals surface area contributed by atoms with Crippen molar-refractivity contribution >= 4 is 11.8 Å². The minimum Gasteiger partial charge on any atom is -0.480 e. The van der Waals surface area contributed by atoms with E-state index in [0.717, 1.165) is 32.4 Å². The second-order valence-electron chi connectivity index (χ2n) is 6.22. The summed E-state index contributed by atoms with van der Waals surface area (Å²) in [5.74, 6) is -0.755. The Labute approximate surface area is 139 Å². The van der Waals surface area contributed by atoms with Crippen LogP contribution < -0.4 is 5.32 Å². The molecule has 3 N–H and O–H groups in total. The molecule has 0 amide bonds. The lowest BCUT2D eigenvalue weighted by Crippen LogP contribution is -2.35. The van der Waals surface area contributed by atoms with Gasteiger partial charge < -0.3 is 20.4 Å². The summed E-state index contributed by atoms with van der Waals surface area (Å²) >= 11 is 0. The van der Waals surface area contributed by atoms with E-state index >= 15 is 0 Å². The molecular formula is C16H33N3O4. The summed E-state index contributed by atoms with van der Waals surface area (Å²) < 4.78 is 0. The Balaban J connectivity index is 3.73. The first-order valence-electron chi connectivity index (χ1n) is 8.24. The smallest absolute Gasteiger partial charge is 0.320 e. The van der Waals surface area contributed by atoms with Gasteiger partial charge in [0, 0.05) is 0 Å². The SMILES string of the molecule is CNC(CCCCN(C)CCCC(O)N(C)CC(C)=O)C(=O)O. The number of hydrogen-bond acceptors (Lipinski definition) is 6. The molecule has 0 aliphatic carbocycles. The predicted octanol–water partition coefficient (Wildman–Crippen LogP) is 0.381. The molecule has 0 rings (SSSR count). The molecule has 0 aliphatic rings. The Kier molecular flexibility index (Phi) is 11.9. The van der Waals surface area contributed by atoms with Crippen molar-refractivity contribution in [1.82, 2.24) is 15.1 Å². The Morgan fingerprint density at radius 1 is 1.09 bits per heavy atom. The number of aliphatic hydroxyl groups excluding tert-OH is 1. The van der Waals surface area contributed by atoms with Gasteiger partial charge in [0.1, 0.15) is 18.1 Å². The van der Waals surface area contributed by atoms with Crippen molar-refractivity contribution in [2.24, 2.45) is 0 Å². The van der Waals surface area contributed by atoms with Gasteiger partial charge in [0.25, 0.3) is 0 Å². The highest BCUT2D eigenvalue weighted by Gasteiger charge is 2.14. The molecule has 0 bridgehead atoms. The predicted molar refractivity (Wildman–Crippen MR) is 90.4 cm³/mol. The number of rotatable bonds is 14. The largest absolute Gasteiger partial charge is 0.480 e. The first-order chi connectivity index (χ1) is 10.8. The maximum Gasteiger partial charge on any atom is 0.320 e. The molecule has 136 valence electrons. The topological polar surface area (TPSA) is 93.1 Å². The molecule has 0 fully saturated rings. The fraction of sp³-hybridized carbons (Fsp3) is 0.875. The monoisotopic (exact) mass is 331 g/mol. The number of nitrogens with one attached hydrogen (secondary N) is 1. The summed E-state index contributed by atoms with van der Waals surface area (Å²) in [5, 5.41) is 21.6. The number of likely N-dealkylation sites (N-methyl/N-ethyl adjacent to an activating group) is 2. The standard InChI is InChI=1S/C16H33N3O4/c1-13(20)12-19(4)15(21)9-7-11-18(3)10-6-5-8-14(17-2)16(22)23/h14-15,17,21H,5-12H2,1-4H3,(H,22,23). The van der Waals surface area contributed by atoms with Crippen LogP contribution in [0.2, 0.25) is 0 Å². The van der Waals surface area contributed by atoms with E-state index < -0.39 is 18.2 Å². The molecule has 2 unspecified atom stereocenters. The third-order valence-electron chi connectivity index (χ3n) is 3.91. The summed E-state index contributed by atoms with van der Waals surface area (Å²) in [5.41, 5.74) is 0. The Morgan fingerprint density at radius 3 is 2.22 bits per heavy atom. The van der Waals surface area contributed by atoms with Gasteiger partial charge in [-0.05, 0) is 66.8 Å². The average Bonchev–Trinajstić information content (AvgIpc) is 2.45. The number of Topliss-reactive ketones (excluding diaryl/α,β-unsaturated/α-hetero) is 1. The summed E-state index contributed by atoms with van der Waals surface area (Å²) in [7, 11) is 5.44. The van der Waals surface area contributed by atoms with Crippen molar-refractivity contribution in [1.29, 1.82) is 0 Å². The van der Waals surface area contributed by atoms with Crippen molar-refractivity contribution in [3.63, 3.8) is 0 Å². The summed E-state index contributed by atoms with van der Waals surface area (Å²) in [6.45, 7) is 3.57. The van der Waals surface area contributed by atoms with Crippen LogP contribution in [-0.4, -0.2) is 84.8 Å². The molecule has 0 radical (unpaired) electrons. The lowest BCUT2D eigenvalue weighted by molar-refractivity contribution is -0.139. The van der Waals surface area contributed by atoms with Crippen molar-refractivity contribution in [2.75, 3.05) is 40.8 Å². The van der Waals surface area contributed by atoms with Crippen molar-refractivity contribution in [2.45, 2.75) is 51.3 Å². The summed E-state index contributed by atoms with van der Waals surface area (Å²) in [6.07, 6.45) is 3.36. The molecule has 23 heavy (non-hydrogen) atoms. The highest BCUT2D eigenvalue weighted by Crippen LogP contribution is 2.05. The van der Waals surface area contributed by atoms with Gasteiger partial charge in [0.05, 0.1) is 6.54 Å².